The van der Waals surface area contributed by atoms with Crippen LogP contribution in [0.1, 0.15) is 6.92 Å². The molecule has 11 heteroatoms. The van der Waals surface area contributed by atoms with Crippen LogP contribution < -0.4 is 14.5 Å². The Labute approximate surface area is 223 Å². The maximum atomic E-state index is 12.2. The highest BCUT2D eigenvalue weighted by Gasteiger charge is 2.20. The molecule has 1 aliphatic rings. The first kappa shape index (κ1) is 26.0. The molecule has 1 fully saturated rings. The largest absolute Gasteiger partial charge is 0.392 e. The fraction of sp³-hybridized carbons (Fsp3) is 0.333. The number of rotatable bonds is 8. The molecule has 5 rings (SSSR count). The van der Waals surface area contributed by atoms with Crippen LogP contribution >= 0.6 is 0 Å². The monoisotopic (exact) mass is 535 g/mol. The first-order valence-electron chi connectivity index (χ1n) is 12.6. The first-order valence-corrected chi connectivity index (χ1v) is 14.4. The second-order valence-corrected chi connectivity index (χ2v) is 11.7. The number of β-amino-alcohol motifs (C(OH)–C–C–N with tert-alkyl or cyclic N) is 1. The molecule has 1 unspecified atom stereocenters. The van der Waals surface area contributed by atoms with Crippen LogP contribution in [0.3, 0.4) is 0 Å². The Morgan fingerprint density at radius 2 is 1.74 bits per heavy atom. The van der Waals surface area contributed by atoms with E-state index in [2.05, 4.69) is 32.2 Å². The number of hydrogen-bond acceptors (Lipinski definition) is 8. The van der Waals surface area contributed by atoms with E-state index in [9.17, 15) is 13.5 Å². The van der Waals surface area contributed by atoms with Gasteiger partial charge in [0, 0.05) is 56.7 Å². The maximum absolute atomic E-state index is 12.2. The summed E-state index contributed by atoms with van der Waals surface area (Å²) in [7, 11) is -1.88. The van der Waals surface area contributed by atoms with Crippen molar-refractivity contribution in [3.05, 3.63) is 66.9 Å². The van der Waals surface area contributed by atoms with Crippen LogP contribution in [-0.2, 0) is 10.0 Å². The maximum Gasteiger partial charge on any atom is 0.245 e. The number of aliphatic hydroxyl groups excluding tert-OH is 1. The highest BCUT2D eigenvalue weighted by Crippen LogP contribution is 2.32. The average molecular weight is 536 g/mol. The lowest BCUT2D eigenvalue weighted by Gasteiger charge is -2.36. The lowest BCUT2D eigenvalue weighted by Crippen LogP contribution is -2.48. The molecule has 38 heavy (non-hydrogen) atoms. The Hall–Kier alpha value is -3.67. The van der Waals surface area contributed by atoms with Crippen LogP contribution in [0.2, 0.25) is 0 Å². The van der Waals surface area contributed by atoms with Gasteiger partial charge in [-0.1, -0.05) is 18.2 Å². The van der Waals surface area contributed by atoms with Gasteiger partial charge in [-0.05, 0) is 49.4 Å². The summed E-state index contributed by atoms with van der Waals surface area (Å²) in [5.41, 5.74) is 4.91. The highest BCUT2D eigenvalue weighted by molar-refractivity contribution is 7.92. The van der Waals surface area contributed by atoms with Crippen molar-refractivity contribution in [3.63, 3.8) is 0 Å². The third kappa shape index (κ3) is 5.59. The zero-order valence-electron chi connectivity index (χ0n) is 21.8. The van der Waals surface area contributed by atoms with E-state index in [0.29, 0.717) is 18.2 Å². The Balaban J connectivity index is 1.34. The van der Waals surface area contributed by atoms with Gasteiger partial charge >= 0.3 is 0 Å². The summed E-state index contributed by atoms with van der Waals surface area (Å²) in [4.78, 5) is 9.10. The molecule has 1 aliphatic heterocycles. The number of anilines is 4. The minimum Gasteiger partial charge on any atom is -0.392 e. The predicted octanol–water partition coefficient (Wildman–Crippen LogP) is 3.04. The molecular weight excluding hydrogens is 502 g/mol. The Kier molecular flexibility index (Phi) is 7.24. The van der Waals surface area contributed by atoms with Crippen molar-refractivity contribution in [2.75, 3.05) is 60.5 Å². The molecule has 0 amide bonds. The lowest BCUT2D eigenvalue weighted by atomic mass is 10.1. The van der Waals surface area contributed by atoms with Gasteiger partial charge < -0.3 is 15.3 Å². The fourth-order valence-electron chi connectivity index (χ4n) is 4.75. The van der Waals surface area contributed by atoms with Crippen LogP contribution in [-0.4, -0.2) is 85.2 Å². The highest BCUT2D eigenvalue weighted by atomic mass is 32.2. The number of sulfonamides is 1. The van der Waals surface area contributed by atoms with Crippen LogP contribution in [0.25, 0.3) is 16.8 Å². The van der Waals surface area contributed by atoms with Crippen LogP contribution in [0.5, 0.6) is 0 Å². The summed E-state index contributed by atoms with van der Waals surface area (Å²) < 4.78 is 27.5. The molecule has 200 valence electrons. The number of nitrogens with zero attached hydrogens (tertiary/aromatic N) is 6. The summed E-state index contributed by atoms with van der Waals surface area (Å²) in [5, 5.41) is 17.6. The molecule has 1 atom stereocenters. The van der Waals surface area contributed by atoms with Crippen LogP contribution in [0, 0.1) is 0 Å². The molecule has 0 bridgehead atoms. The summed E-state index contributed by atoms with van der Waals surface area (Å²) in [6, 6.07) is 19.4. The predicted molar refractivity (Wildman–Crippen MR) is 152 cm³/mol. The van der Waals surface area contributed by atoms with Gasteiger partial charge in [0.15, 0.2) is 0 Å². The minimum absolute atomic E-state index is 0.306. The normalized spacial score (nSPS) is 15.5. The van der Waals surface area contributed by atoms with Crippen molar-refractivity contribution >= 4 is 38.6 Å². The van der Waals surface area contributed by atoms with Gasteiger partial charge in [-0.25, -0.2) is 17.9 Å². The van der Waals surface area contributed by atoms with Crippen molar-refractivity contribution in [1.29, 1.82) is 0 Å². The topological polar surface area (TPSA) is 106 Å². The van der Waals surface area contributed by atoms with Crippen molar-refractivity contribution in [2.45, 2.75) is 13.0 Å². The molecule has 2 aromatic heterocycles. The van der Waals surface area contributed by atoms with Gasteiger partial charge in [-0.2, -0.15) is 0 Å². The number of piperazine rings is 1. The zero-order valence-corrected chi connectivity index (χ0v) is 22.6. The number of hydrogen-bond donors (Lipinski definition) is 2. The second-order valence-electron chi connectivity index (χ2n) is 9.69. The fourth-order valence-corrected chi connectivity index (χ4v) is 5.27. The third-order valence-electron chi connectivity index (χ3n) is 6.80. The molecule has 2 aromatic carbocycles. The number of nitrogens with one attached hydrogen (secondary N) is 1. The van der Waals surface area contributed by atoms with Crippen molar-refractivity contribution in [2.24, 2.45) is 0 Å². The molecular formula is C27H33N7O3S. The number of para-hydroxylation sites is 1. The van der Waals surface area contributed by atoms with Gasteiger partial charge in [0.1, 0.15) is 0 Å². The second kappa shape index (κ2) is 10.6. The van der Waals surface area contributed by atoms with E-state index in [0.717, 1.165) is 54.3 Å². The van der Waals surface area contributed by atoms with E-state index in [1.165, 1.54) is 10.6 Å². The number of benzene rings is 2. The van der Waals surface area contributed by atoms with E-state index in [1.807, 2.05) is 49.4 Å². The van der Waals surface area contributed by atoms with Crippen LogP contribution in [0.4, 0.5) is 23.0 Å². The Morgan fingerprint density at radius 3 is 2.42 bits per heavy atom. The van der Waals surface area contributed by atoms with E-state index < -0.39 is 10.0 Å². The first-order chi connectivity index (χ1) is 18.2. The zero-order chi connectivity index (χ0) is 26.9. The summed E-state index contributed by atoms with van der Waals surface area (Å²) in [6.45, 7) is 6.25. The van der Waals surface area contributed by atoms with Crippen molar-refractivity contribution in [3.8, 4) is 11.3 Å². The number of aromatic nitrogens is 3. The molecule has 4 aromatic rings. The van der Waals surface area contributed by atoms with Gasteiger partial charge in [-0.3, -0.25) is 9.21 Å². The molecule has 0 spiro atoms. The SMILES string of the molecule is CC(O)CN1CCN(c2ccc(Nc3ncc4ccc(-c5ccccc5N(C)S(C)(=O)=O)n4n3)cc2)CC1. The Morgan fingerprint density at radius 1 is 1.03 bits per heavy atom. The van der Waals surface area contributed by atoms with Gasteiger partial charge in [-0.15, -0.1) is 5.10 Å². The standard InChI is InChI=1S/C27H33N7O3S/c1-20(35)19-32-14-16-33(17-15-32)22-10-8-21(9-11-22)29-27-28-18-23-12-13-26(34(23)30-27)24-6-4-5-7-25(24)31(2)38(3,36)37/h4-13,18,20,35H,14-17,19H2,1-3H3,(H,29,30). The molecule has 1 saturated heterocycles. The average Bonchev–Trinajstić information content (AvgIpc) is 3.31. The summed E-state index contributed by atoms with van der Waals surface area (Å²) in [5.74, 6) is 0.434. The van der Waals surface area contributed by atoms with E-state index in [1.54, 1.807) is 23.8 Å². The molecule has 10 nitrogen and oxygen atoms in total. The third-order valence-corrected chi connectivity index (χ3v) is 7.99. The molecule has 0 saturated carbocycles. The summed E-state index contributed by atoms with van der Waals surface area (Å²) >= 11 is 0. The van der Waals surface area contributed by atoms with Gasteiger partial charge in [0.25, 0.3) is 0 Å². The molecule has 3 heterocycles. The lowest BCUT2D eigenvalue weighted by molar-refractivity contribution is 0.123. The smallest absolute Gasteiger partial charge is 0.245 e. The van der Waals surface area contributed by atoms with Gasteiger partial charge in [0.2, 0.25) is 16.0 Å². The van der Waals surface area contributed by atoms with Crippen molar-refractivity contribution in [1.82, 2.24) is 19.5 Å². The molecule has 2 N–H and O–H groups in total. The van der Waals surface area contributed by atoms with E-state index in [-0.39, 0.29) is 6.10 Å². The van der Waals surface area contributed by atoms with E-state index in [4.69, 9.17) is 5.10 Å². The molecule has 0 radical (unpaired) electrons. The van der Waals surface area contributed by atoms with Gasteiger partial charge in [0.05, 0.1) is 35.5 Å². The quantitative estimate of drug-likeness (QED) is 0.355. The number of aliphatic hydroxyl groups is 1. The van der Waals surface area contributed by atoms with E-state index >= 15 is 0 Å². The Bertz CT molecular complexity index is 1510. The molecule has 0 aliphatic carbocycles. The number of fused-ring (bicyclic) bond motifs is 1. The minimum atomic E-state index is -3.43. The van der Waals surface area contributed by atoms with Crippen molar-refractivity contribution < 1.29 is 13.5 Å². The summed E-state index contributed by atoms with van der Waals surface area (Å²) in [6.07, 6.45) is 2.62. The van der Waals surface area contributed by atoms with Crippen LogP contribution in [0.15, 0.2) is 66.9 Å².